The minimum Gasteiger partial charge on any atom is -0.463 e. The second-order valence-corrected chi connectivity index (χ2v) is 17.0. The number of amides is 3. The van der Waals surface area contributed by atoms with Gasteiger partial charge >= 0.3 is 17.9 Å². The van der Waals surface area contributed by atoms with Crippen LogP contribution in [0.1, 0.15) is 125 Å². The van der Waals surface area contributed by atoms with Gasteiger partial charge in [-0.3, -0.25) is 28.8 Å². The standard InChI is InChI=1S/C42H75N5O16/c1-26(48)59-24-28-23-30(50)35(43)40(61-28)57-21-14-10-17-33(52)47-29(39(56)46-20-11-6-7-18-34(53)63-42(3,4)5)15-8-12-19-45-32(51)16-9-13-22-58-41-36(44)38(55)37(54)31(62-41)25-60-27(2)49/h28-31,35-38,40-41,50,54-55H,6-25,43-44H2,1-5H3,(H,45,51)(H,46,56)(H,47,52)/t28?,29-,30?,31?,35?,36?,37?,38?,40?,41?/m0/s1. The Morgan fingerprint density at radius 2 is 1.25 bits per heavy atom. The molecule has 2 aliphatic heterocycles. The zero-order chi connectivity index (χ0) is 47.0. The molecule has 21 nitrogen and oxygen atoms in total. The number of nitrogens with two attached hydrogens (primary N) is 2. The lowest BCUT2D eigenvalue weighted by Gasteiger charge is -2.40. The SMILES string of the molecule is CC(=O)OCC1CC(O)C(N)C(OCCCCC(=O)N[C@@H](CCCCNC(=O)CCCCOC2OC(COC(C)=O)C(O)C(O)C2N)C(=O)NCCCCCC(=O)OC(C)(C)C)O1. The Morgan fingerprint density at radius 1 is 0.683 bits per heavy atom. The summed E-state index contributed by atoms with van der Waals surface area (Å²) in [6.45, 7) is 8.69. The van der Waals surface area contributed by atoms with Gasteiger partial charge in [-0.2, -0.15) is 0 Å². The van der Waals surface area contributed by atoms with Gasteiger partial charge in [-0.1, -0.05) is 6.42 Å². The fraction of sp³-hybridized carbons (Fsp3) is 0.857. The van der Waals surface area contributed by atoms with Crippen molar-refractivity contribution in [3.63, 3.8) is 0 Å². The summed E-state index contributed by atoms with van der Waals surface area (Å²) in [4.78, 5) is 73.0. The van der Waals surface area contributed by atoms with Crippen LogP contribution in [0.25, 0.3) is 0 Å². The molecule has 2 rings (SSSR count). The molecule has 10 N–H and O–H groups in total. The first-order valence-corrected chi connectivity index (χ1v) is 22.2. The Labute approximate surface area is 370 Å². The quantitative estimate of drug-likeness (QED) is 0.0275. The first-order chi connectivity index (χ1) is 29.8. The Hall–Kier alpha value is -3.54. The zero-order valence-corrected chi connectivity index (χ0v) is 37.7. The van der Waals surface area contributed by atoms with Crippen molar-refractivity contribution in [2.45, 2.75) is 191 Å². The summed E-state index contributed by atoms with van der Waals surface area (Å²) < 4.78 is 38.0. The number of carbonyl (C=O) groups excluding carboxylic acids is 6. The van der Waals surface area contributed by atoms with Gasteiger partial charge in [0, 0.05) is 65.8 Å². The maximum Gasteiger partial charge on any atom is 0.306 e. The molecule has 21 heteroatoms. The lowest BCUT2D eigenvalue weighted by molar-refractivity contribution is -0.267. The summed E-state index contributed by atoms with van der Waals surface area (Å²) in [6.07, 6.45) is -1.08. The molecule has 3 amide bonds. The maximum atomic E-state index is 13.2. The van der Waals surface area contributed by atoms with E-state index < -0.39 is 78.8 Å². The van der Waals surface area contributed by atoms with Crippen molar-refractivity contribution >= 4 is 35.6 Å². The Balaban J connectivity index is 1.75. The average Bonchev–Trinajstić information content (AvgIpc) is 3.20. The summed E-state index contributed by atoms with van der Waals surface area (Å²) in [7, 11) is 0. The molecule has 2 heterocycles. The zero-order valence-electron chi connectivity index (χ0n) is 37.7. The number of nitrogens with one attached hydrogen (secondary N) is 3. The van der Waals surface area contributed by atoms with E-state index in [1.165, 1.54) is 13.8 Å². The first-order valence-electron chi connectivity index (χ1n) is 22.2. The largest absolute Gasteiger partial charge is 0.463 e. The monoisotopic (exact) mass is 906 g/mol. The smallest absolute Gasteiger partial charge is 0.306 e. The van der Waals surface area contributed by atoms with Crippen LogP contribution in [0.15, 0.2) is 0 Å². The lowest BCUT2D eigenvalue weighted by Crippen LogP contribution is -2.62. The number of rotatable bonds is 29. The predicted molar refractivity (Wildman–Crippen MR) is 225 cm³/mol. The van der Waals surface area contributed by atoms with Gasteiger partial charge in [-0.25, -0.2) is 0 Å². The highest BCUT2D eigenvalue weighted by molar-refractivity contribution is 5.87. The van der Waals surface area contributed by atoms with Crippen LogP contribution in [0.3, 0.4) is 0 Å². The van der Waals surface area contributed by atoms with Crippen molar-refractivity contribution < 1.29 is 77.2 Å². The first kappa shape index (κ1) is 55.6. The van der Waals surface area contributed by atoms with Crippen LogP contribution in [0.5, 0.6) is 0 Å². The van der Waals surface area contributed by atoms with E-state index in [0.717, 1.165) is 0 Å². The van der Waals surface area contributed by atoms with Gasteiger partial charge in [0.15, 0.2) is 12.6 Å². The van der Waals surface area contributed by atoms with Crippen molar-refractivity contribution in [1.29, 1.82) is 0 Å². The molecule has 0 bridgehead atoms. The summed E-state index contributed by atoms with van der Waals surface area (Å²) in [5, 5.41) is 39.3. The van der Waals surface area contributed by atoms with E-state index >= 15 is 0 Å². The molecule has 2 saturated heterocycles. The summed E-state index contributed by atoms with van der Waals surface area (Å²) in [5.41, 5.74) is 11.4. The summed E-state index contributed by atoms with van der Waals surface area (Å²) >= 11 is 0. The molecule has 2 fully saturated rings. The van der Waals surface area contributed by atoms with E-state index in [4.69, 9.17) is 44.6 Å². The fourth-order valence-corrected chi connectivity index (χ4v) is 6.65. The van der Waals surface area contributed by atoms with Crippen LogP contribution in [0.4, 0.5) is 0 Å². The number of aliphatic hydroxyl groups excluding tert-OH is 3. The van der Waals surface area contributed by atoms with E-state index in [2.05, 4.69) is 16.0 Å². The molecule has 0 aromatic heterocycles. The average molecular weight is 906 g/mol. The predicted octanol–water partition coefficient (Wildman–Crippen LogP) is -0.147. The second-order valence-electron chi connectivity index (χ2n) is 17.0. The molecular weight excluding hydrogens is 830 g/mol. The van der Waals surface area contributed by atoms with Crippen LogP contribution >= 0.6 is 0 Å². The molecule has 0 aliphatic carbocycles. The van der Waals surface area contributed by atoms with E-state index in [9.17, 15) is 44.1 Å². The number of hydrogen-bond donors (Lipinski definition) is 8. The van der Waals surface area contributed by atoms with Crippen LogP contribution in [0, 0.1) is 0 Å². The molecule has 0 spiro atoms. The highest BCUT2D eigenvalue weighted by Crippen LogP contribution is 2.23. The van der Waals surface area contributed by atoms with Crippen LogP contribution in [-0.2, 0) is 61.9 Å². The van der Waals surface area contributed by atoms with Gasteiger partial charge < -0.3 is 75.9 Å². The molecule has 2 aliphatic rings. The molecule has 0 aromatic rings. The maximum absolute atomic E-state index is 13.2. The highest BCUT2D eigenvalue weighted by atomic mass is 16.7. The topological polar surface area (TPSA) is 316 Å². The molecule has 364 valence electrons. The molecule has 10 atom stereocenters. The molecule has 0 aromatic carbocycles. The minimum atomic E-state index is -1.36. The third-order valence-corrected chi connectivity index (χ3v) is 10.1. The Kier molecular flexibility index (Phi) is 26.3. The number of ether oxygens (including phenoxy) is 7. The van der Waals surface area contributed by atoms with Gasteiger partial charge in [-0.15, -0.1) is 0 Å². The van der Waals surface area contributed by atoms with E-state index in [-0.39, 0.29) is 75.8 Å². The minimum absolute atomic E-state index is 0.0341. The van der Waals surface area contributed by atoms with Crippen molar-refractivity contribution in [3.05, 3.63) is 0 Å². The summed E-state index contributed by atoms with van der Waals surface area (Å²) in [5.74, 6) is -2.13. The summed E-state index contributed by atoms with van der Waals surface area (Å²) in [6, 6.07) is -2.63. The number of hydrogen-bond acceptors (Lipinski definition) is 18. The van der Waals surface area contributed by atoms with E-state index in [1.54, 1.807) is 0 Å². The second kappa shape index (κ2) is 29.8. The fourth-order valence-electron chi connectivity index (χ4n) is 6.65. The van der Waals surface area contributed by atoms with Crippen LogP contribution in [-0.4, -0.2) is 157 Å². The molecule has 0 radical (unpaired) electrons. The normalized spacial score (nSPS) is 25.3. The lowest BCUT2D eigenvalue weighted by atomic mass is 9.98. The third-order valence-electron chi connectivity index (χ3n) is 10.1. The molecular formula is C42H75N5O16. The van der Waals surface area contributed by atoms with Crippen molar-refractivity contribution in [1.82, 2.24) is 16.0 Å². The number of esters is 3. The van der Waals surface area contributed by atoms with E-state index in [1.807, 2.05) is 20.8 Å². The van der Waals surface area contributed by atoms with Gasteiger partial charge in [0.25, 0.3) is 0 Å². The van der Waals surface area contributed by atoms with Gasteiger partial charge in [0.05, 0.1) is 24.3 Å². The highest BCUT2D eigenvalue weighted by Gasteiger charge is 2.44. The third kappa shape index (κ3) is 23.8. The Morgan fingerprint density at radius 3 is 1.89 bits per heavy atom. The molecule has 63 heavy (non-hydrogen) atoms. The number of unbranched alkanes of at least 4 members (excludes halogenated alkanes) is 5. The van der Waals surface area contributed by atoms with Crippen LogP contribution in [0.2, 0.25) is 0 Å². The molecule has 0 saturated carbocycles. The van der Waals surface area contributed by atoms with Crippen molar-refractivity contribution in [2.24, 2.45) is 11.5 Å². The van der Waals surface area contributed by atoms with Gasteiger partial charge in [0.2, 0.25) is 17.7 Å². The van der Waals surface area contributed by atoms with Gasteiger partial charge in [0.1, 0.15) is 43.2 Å². The van der Waals surface area contributed by atoms with Crippen molar-refractivity contribution in [2.75, 3.05) is 39.5 Å². The molecule has 9 unspecified atom stereocenters. The number of aliphatic hydroxyl groups is 3. The Bertz CT molecular complexity index is 1400. The number of carbonyl (C=O) groups is 6. The van der Waals surface area contributed by atoms with Crippen LogP contribution < -0.4 is 27.4 Å². The van der Waals surface area contributed by atoms with Crippen molar-refractivity contribution in [3.8, 4) is 0 Å². The van der Waals surface area contributed by atoms with E-state index in [0.29, 0.717) is 77.3 Å². The van der Waals surface area contributed by atoms with Gasteiger partial charge in [-0.05, 0) is 78.6 Å².